The van der Waals surface area contributed by atoms with Gasteiger partial charge in [-0.25, -0.2) is 8.42 Å². The van der Waals surface area contributed by atoms with Gasteiger partial charge in [-0.2, -0.15) is 0 Å². The van der Waals surface area contributed by atoms with Gasteiger partial charge in [-0.05, 0) is 13.8 Å². The van der Waals surface area contributed by atoms with Crippen molar-refractivity contribution in [1.29, 1.82) is 0 Å². The van der Waals surface area contributed by atoms with Gasteiger partial charge in [0.05, 0.1) is 15.9 Å². The van der Waals surface area contributed by atoms with Gasteiger partial charge in [0.1, 0.15) is 0 Å². The molecule has 0 amide bonds. The maximum atomic E-state index is 10.0. The van der Waals surface area contributed by atoms with Crippen molar-refractivity contribution in [2.45, 2.75) is 13.8 Å². The number of hydrogen-bond acceptors (Lipinski definition) is 3. The van der Waals surface area contributed by atoms with Gasteiger partial charge in [-0.1, -0.05) is 11.6 Å². The van der Waals surface area contributed by atoms with E-state index in [1.807, 2.05) is 0 Å². The SMILES string of the molecule is C/C=C(/C)CS(=O)(=O)[O-]. The average molecular weight is 149 g/mol. The fraction of sp³-hybridized carbons (Fsp3) is 0.600. The first-order valence-electron chi connectivity index (χ1n) is 2.51. The molecule has 0 aliphatic heterocycles. The summed E-state index contributed by atoms with van der Waals surface area (Å²) in [7, 11) is -4.05. The molecule has 0 atom stereocenters. The summed E-state index contributed by atoms with van der Waals surface area (Å²) < 4.78 is 30.0. The quantitative estimate of drug-likeness (QED) is 0.424. The lowest BCUT2D eigenvalue weighted by molar-refractivity contribution is 0.465. The third-order valence-electron chi connectivity index (χ3n) is 0.897. The first-order chi connectivity index (χ1) is 3.95. The molecular formula is C5H9O3S-. The number of hydrogen-bond donors (Lipinski definition) is 0. The van der Waals surface area contributed by atoms with Gasteiger partial charge in [0.15, 0.2) is 0 Å². The molecule has 0 saturated heterocycles. The first kappa shape index (κ1) is 8.65. The minimum atomic E-state index is -4.05. The van der Waals surface area contributed by atoms with Crippen molar-refractivity contribution >= 4 is 10.1 Å². The molecule has 0 N–H and O–H groups in total. The molecule has 4 heteroatoms. The zero-order valence-corrected chi connectivity index (χ0v) is 6.23. The monoisotopic (exact) mass is 149 g/mol. The zero-order valence-electron chi connectivity index (χ0n) is 5.42. The van der Waals surface area contributed by atoms with E-state index < -0.39 is 10.1 Å². The van der Waals surface area contributed by atoms with Crippen molar-refractivity contribution < 1.29 is 13.0 Å². The lowest BCUT2D eigenvalue weighted by Crippen LogP contribution is -2.04. The van der Waals surface area contributed by atoms with Crippen LogP contribution in [0.15, 0.2) is 11.6 Å². The summed E-state index contributed by atoms with van der Waals surface area (Å²) in [6, 6.07) is 0. The molecule has 0 fully saturated rings. The maximum Gasteiger partial charge on any atom is 0.0984 e. The van der Waals surface area contributed by atoms with E-state index >= 15 is 0 Å². The number of rotatable bonds is 2. The predicted octanol–water partition coefficient (Wildman–Crippen LogP) is 0.498. The van der Waals surface area contributed by atoms with E-state index in [0.29, 0.717) is 5.57 Å². The Morgan fingerprint density at radius 2 is 2.11 bits per heavy atom. The van der Waals surface area contributed by atoms with Crippen molar-refractivity contribution in [1.82, 2.24) is 0 Å². The van der Waals surface area contributed by atoms with Crippen LogP contribution in [0.1, 0.15) is 13.8 Å². The van der Waals surface area contributed by atoms with E-state index in [4.69, 9.17) is 0 Å². The van der Waals surface area contributed by atoms with Crippen molar-refractivity contribution in [2.75, 3.05) is 5.75 Å². The zero-order chi connectivity index (χ0) is 7.49. The lowest BCUT2D eigenvalue weighted by atomic mass is 10.3. The largest absolute Gasteiger partial charge is 0.748 e. The Balaban J connectivity index is 4.07. The van der Waals surface area contributed by atoms with E-state index in [0.717, 1.165) is 0 Å². The lowest BCUT2D eigenvalue weighted by Gasteiger charge is -2.04. The Hall–Kier alpha value is -0.350. The van der Waals surface area contributed by atoms with Crippen LogP contribution in [0.5, 0.6) is 0 Å². The molecule has 0 aromatic carbocycles. The van der Waals surface area contributed by atoms with E-state index in [-0.39, 0.29) is 5.75 Å². The molecule has 0 bridgehead atoms. The third kappa shape index (κ3) is 5.52. The van der Waals surface area contributed by atoms with Gasteiger partial charge in [-0.15, -0.1) is 0 Å². The maximum absolute atomic E-state index is 10.0. The molecule has 0 aliphatic rings. The molecule has 9 heavy (non-hydrogen) atoms. The number of allylic oxidation sites excluding steroid dienone is 1. The summed E-state index contributed by atoms with van der Waals surface area (Å²) in [5.74, 6) is -0.372. The van der Waals surface area contributed by atoms with E-state index in [9.17, 15) is 13.0 Å². The van der Waals surface area contributed by atoms with Crippen molar-refractivity contribution in [2.24, 2.45) is 0 Å². The van der Waals surface area contributed by atoms with Crippen LogP contribution in [0.2, 0.25) is 0 Å². The highest BCUT2D eigenvalue weighted by molar-refractivity contribution is 7.85. The van der Waals surface area contributed by atoms with Crippen molar-refractivity contribution in [3.63, 3.8) is 0 Å². The van der Waals surface area contributed by atoms with E-state index in [1.165, 1.54) is 0 Å². The molecule has 0 rings (SSSR count). The fourth-order valence-electron chi connectivity index (χ4n) is 0.362. The smallest absolute Gasteiger partial charge is 0.0984 e. The second-order valence-corrected chi connectivity index (χ2v) is 3.24. The summed E-state index contributed by atoms with van der Waals surface area (Å²) in [6.07, 6.45) is 1.61. The van der Waals surface area contributed by atoms with Gasteiger partial charge in [0.2, 0.25) is 0 Å². The summed E-state index contributed by atoms with van der Waals surface area (Å²) in [4.78, 5) is 0. The Labute approximate surface area is 55.1 Å². The Morgan fingerprint density at radius 3 is 2.22 bits per heavy atom. The minimum absolute atomic E-state index is 0.372. The molecule has 0 spiro atoms. The summed E-state index contributed by atoms with van der Waals surface area (Å²) in [6.45, 7) is 3.30. The molecule has 0 radical (unpaired) electrons. The molecule has 0 heterocycles. The van der Waals surface area contributed by atoms with Crippen LogP contribution in [-0.4, -0.2) is 18.7 Å². The van der Waals surface area contributed by atoms with Crippen molar-refractivity contribution in [3.8, 4) is 0 Å². The summed E-state index contributed by atoms with van der Waals surface area (Å²) in [5, 5.41) is 0. The van der Waals surface area contributed by atoms with Crippen LogP contribution in [0, 0.1) is 0 Å². The van der Waals surface area contributed by atoms with Crippen LogP contribution in [0.3, 0.4) is 0 Å². The molecular weight excluding hydrogens is 140 g/mol. The minimum Gasteiger partial charge on any atom is -0.748 e. The Kier molecular flexibility index (Phi) is 2.87. The molecule has 0 aromatic heterocycles. The van der Waals surface area contributed by atoms with Crippen molar-refractivity contribution in [3.05, 3.63) is 11.6 Å². The van der Waals surface area contributed by atoms with Crippen LogP contribution < -0.4 is 0 Å². The summed E-state index contributed by atoms with van der Waals surface area (Å²) >= 11 is 0. The average Bonchev–Trinajstić information content (AvgIpc) is 1.62. The first-order valence-corrected chi connectivity index (χ1v) is 4.09. The van der Waals surface area contributed by atoms with E-state index in [2.05, 4.69) is 0 Å². The topological polar surface area (TPSA) is 57.2 Å². The molecule has 0 aliphatic carbocycles. The van der Waals surface area contributed by atoms with Crippen LogP contribution in [0.25, 0.3) is 0 Å². The Bertz CT molecular complexity index is 200. The van der Waals surface area contributed by atoms with Crippen LogP contribution >= 0.6 is 0 Å². The van der Waals surface area contributed by atoms with Crippen LogP contribution in [-0.2, 0) is 10.1 Å². The normalized spacial score (nSPS) is 13.9. The highest BCUT2D eigenvalue weighted by Crippen LogP contribution is 1.95. The van der Waals surface area contributed by atoms with Gasteiger partial charge >= 0.3 is 0 Å². The highest BCUT2D eigenvalue weighted by Gasteiger charge is 1.93. The fourth-order valence-corrected chi connectivity index (χ4v) is 1.09. The van der Waals surface area contributed by atoms with Gasteiger partial charge in [0.25, 0.3) is 0 Å². The van der Waals surface area contributed by atoms with Gasteiger partial charge < -0.3 is 4.55 Å². The second-order valence-electron chi connectivity index (χ2n) is 1.84. The van der Waals surface area contributed by atoms with Crippen LogP contribution in [0.4, 0.5) is 0 Å². The van der Waals surface area contributed by atoms with Gasteiger partial charge in [0, 0.05) is 0 Å². The van der Waals surface area contributed by atoms with Gasteiger partial charge in [-0.3, -0.25) is 0 Å². The molecule has 0 aromatic rings. The highest BCUT2D eigenvalue weighted by atomic mass is 32.2. The standard InChI is InChI=1S/C5H10O3S/c1-3-5(2)4-9(6,7)8/h3H,4H2,1-2H3,(H,6,7,8)/p-1/b5-3-. The summed E-state index contributed by atoms with van der Waals surface area (Å²) in [5.41, 5.74) is 0.588. The molecule has 0 unspecified atom stereocenters. The molecule has 3 nitrogen and oxygen atoms in total. The molecule has 0 saturated carbocycles. The molecule has 54 valence electrons. The second kappa shape index (κ2) is 2.98. The predicted molar refractivity (Wildman–Crippen MR) is 34.0 cm³/mol. The third-order valence-corrected chi connectivity index (χ3v) is 1.71. The Morgan fingerprint density at radius 1 is 1.67 bits per heavy atom. The van der Waals surface area contributed by atoms with E-state index in [1.54, 1.807) is 19.9 Å².